The first-order valence-electron chi connectivity index (χ1n) is 13.9. The Bertz CT molecular complexity index is 1300. The first kappa shape index (κ1) is 25.6. The van der Waals surface area contributed by atoms with Crippen molar-refractivity contribution >= 4 is 11.8 Å². The van der Waals surface area contributed by atoms with Gasteiger partial charge >= 0.3 is 0 Å². The van der Waals surface area contributed by atoms with Gasteiger partial charge in [-0.05, 0) is 54.2 Å². The van der Waals surface area contributed by atoms with E-state index in [1.165, 1.54) is 11.1 Å². The number of nitrogens with zero attached hydrogens (tertiary/aromatic N) is 2. The van der Waals surface area contributed by atoms with Crippen molar-refractivity contribution in [1.82, 2.24) is 15.1 Å². The number of hydrogen-bond donors (Lipinski definition) is 1. The number of carbonyl (C=O) groups excluding carboxylic acids is 2. The van der Waals surface area contributed by atoms with E-state index in [4.69, 9.17) is 9.47 Å². The number of fused-ring (bicyclic) bond motifs is 1. The van der Waals surface area contributed by atoms with Gasteiger partial charge in [-0.25, -0.2) is 0 Å². The van der Waals surface area contributed by atoms with Gasteiger partial charge in [-0.2, -0.15) is 0 Å². The second-order valence-electron chi connectivity index (χ2n) is 10.8. The molecule has 3 aromatic carbocycles. The lowest BCUT2D eigenvalue weighted by molar-refractivity contribution is -0.137. The molecule has 7 heteroatoms. The Balaban J connectivity index is 0.987. The van der Waals surface area contributed by atoms with Crippen molar-refractivity contribution in [3.63, 3.8) is 0 Å². The molecule has 2 fully saturated rings. The van der Waals surface area contributed by atoms with Gasteiger partial charge in [0, 0.05) is 44.7 Å². The minimum atomic E-state index is -0.266. The van der Waals surface area contributed by atoms with Crippen LogP contribution in [-0.2, 0) is 35.8 Å². The molecule has 3 heterocycles. The zero-order valence-electron chi connectivity index (χ0n) is 22.2. The van der Waals surface area contributed by atoms with Crippen LogP contribution in [0.25, 0.3) is 0 Å². The van der Waals surface area contributed by atoms with Gasteiger partial charge in [-0.1, -0.05) is 54.6 Å². The van der Waals surface area contributed by atoms with Crippen LogP contribution in [0.1, 0.15) is 47.9 Å². The van der Waals surface area contributed by atoms with Gasteiger partial charge in [-0.15, -0.1) is 0 Å². The molecular formula is C32H35N3O4. The Hall–Kier alpha value is -3.68. The van der Waals surface area contributed by atoms with Crippen LogP contribution in [0.5, 0.6) is 11.5 Å². The number of nitrogens with one attached hydrogen (secondary N) is 1. The minimum absolute atomic E-state index is 0.180. The van der Waals surface area contributed by atoms with E-state index >= 15 is 0 Å². The number of imide groups is 1. The highest BCUT2D eigenvalue weighted by atomic mass is 16.5. The molecule has 202 valence electrons. The molecule has 2 saturated heterocycles. The summed E-state index contributed by atoms with van der Waals surface area (Å²) in [5, 5.41) is 2.48. The second-order valence-corrected chi connectivity index (χ2v) is 10.8. The summed E-state index contributed by atoms with van der Waals surface area (Å²) in [6, 6.07) is 24.7. The van der Waals surface area contributed by atoms with Crippen molar-refractivity contribution in [3.05, 3.63) is 95.1 Å². The van der Waals surface area contributed by atoms with E-state index in [2.05, 4.69) is 45.4 Å². The molecular weight excluding hydrogens is 490 g/mol. The highest BCUT2D eigenvalue weighted by Crippen LogP contribution is 2.34. The zero-order valence-corrected chi connectivity index (χ0v) is 22.2. The SMILES string of the molecule is O=C1CCC(N2Cc3cccc(OCc4ccc(CN5CCC(Oc6ccccc6)CC5)cc4)c3C2)C(=O)N1. The zero-order chi connectivity index (χ0) is 26.6. The molecule has 3 aliphatic rings. The number of benzene rings is 3. The smallest absolute Gasteiger partial charge is 0.243 e. The molecule has 0 saturated carbocycles. The van der Waals surface area contributed by atoms with E-state index in [9.17, 15) is 9.59 Å². The molecule has 1 unspecified atom stereocenters. The van der Waals surface area contributed by atoms with Crippen LogP contribution in [0.15, 0.2) is 72.8 Å². The van der Waals surface area contributed by atoms with E-state index in [-0.39, 0.29) is 17.9 Å². The normalized spacial score (nSPS) is 20.5. The lowest BCUT2D eigenvalue weighted by Crippen LogP contribution is -2.50. The van der Waals surface area contributed by atoms with Gasteiger partial charge in [-0.3, -0.25) is 24.7 Å². The predicted molar refractivity (Wildman–Crippen MR) is 148 cm³/mol. The fraction of sp³-hybridized carbons (Fsp3) is 0.375. The van der Waals surface area contributed by atoms with Crippen molar-refractivity contribution in [3.8, 4) is 11.5 Å². The third kappa shape index (κ3) is 6.15. The Morgan fingerprint density at radius 3 is 2.36 bits per heavy atom. The fourth-order valence-electron chi connectivity index (χ4n) is 5.84. The quantitative estimate of drug-likeness (QED) is 0.439. The molecule has 7 nitrogen and oxygen atoms in total. The summed E-state index contributed by atoms with van der Waals surface area (Å²) in [7, 11) is 0. The molecule has 0 spiro atoms. The summed E-state index contributed by atoms with van der Waals surface area (Å²) < 4.78 is 12.4. The van der Waals surface area contributed by atoms with E-state index in [0.29, 0.717) is 38.6 Å². The molecule has 6 rings (SSSR count). The highest BCUT2D eigenvalue weighted by Gasteiger charge is 2.35. The maximum absolute atomic E-state index is 12.4. The van der Waals surface area contributed by atoms with E-state index in [1.807, 2.05) is 42.5 Å². The van der Waals surface area contributed by atoms with Gasteiger partial charge in [0.25, 0.3) is 0 Å². The van der Waals surface area contributed by atoms with Gasteiger partial charge in [0.2, 0.25) is 11.8 Å². The molecule has 2 amide bonds. The number of hydrogen-bond acceptors (Lipinski definition) is 6. The summed E-state index contributed by atoms with van der Waals surface area (Å²) in [4.78, 5) is 28.5. The fourth-order valence-corrected chi connectivity index (χ4v) is 5.84. The van der Waals surface area contributed by atoms with Crippen molar-refractivity contribution in [1.29, 1.82) is 0 Å². The molecule has 0 bridgehead atoms. The topological polar surface area (TPSA) is 71.1 Å². The summed E-state index contributed by atoms with van der Waals surface area (Å²) in [6.07, 6.45) is 3.34. The number of piperidine rings is 2. The number of ether oxygens (including phenoxy) is 2. The Kier molecular flexibility index (Phi) is 7.61. The molecule has 1 atom stereocenters. The molecule has 39 heavy (non-hydrogen) atoms. The van der Waals surface area contributed by atoms with E-state index < -0.39 is 0 Å². The van der Waals surface area contributed by atoms with Crippen LogP contribution >= 0.6 is 0 Å². The average molecular weight is 526 g/mol. The van der Waals surface area contributed by atoms with Crippen LogP contribution < -0.4 is 14.8 Å². The molecule has 0 aliphatic carbocycles. The lowest BCUT2D eigenvalue weighted by atomic mass is 10.0. The number of para-hydroxylation sites is 1. The van der Waals surface area contributed by atoms with Crippen molar-refractivity contribution < 1.29 is 19.1 Å². The molecule has 3 aliphatic heterocycles. The van der Waals surface area contributed by atoms with Crippen LogP contribution in [0.3, 0.4) is 0 Å². The Labute approximate surface area is 229 Å². The maximum Gasteiger partial charge on any atom is 0.243 e. The van der Waals surface area contributed by atoms with Gasteiger partial charge < -0.3 is 9.47 Å². The summed E-state index contributed by atoms with van der Waals surface area (Å²) in [5.74, 6) is 1.46. The third-order valence-corrected chi connectivity index (χ3v) is 8.02. The molecule has 3 aromatic rings. The Morgan fingerprint density at radius 1 is 0.821 bits per heavy atom. The third-order valence-electron chi connectivity index (χ3n) is 8.02. The van der Waals surface area contributed by atoms with Crippen LogP contribution in [0, 0.1) is 0 Å². The van der Waals surface area contributed by atoms with Crippen LogP contribution in [-0.4, -0.2) is 46.8 Å². The molecule has 1 N–H and O–H groups in total. The minimum Gasteiger partial charge on any atom is -0.490 e. The number of rotatable bonds is 8. The van der Waals surface area contributed by atoms with Crippen LogP contribution in [0.2, 0.25) is 0 Å². The van der Waals surface area contributed by atoms with Gasteiger partial charge in [0.15, 0.2) is 0 Å². The highest BCUT2D eigenvalue weighted by molar-refractivity contribution is 6.00. The van der Waals surface area contributed by atoms with Crippen LogP contribution in [0.4, 0.5) is 0 Å². The first-order chi connectivity index (χ1) is 19.1. The standard InChI is InChI=1S/C32H35N3O4/c36-31-14-13-29(32(37)33-31)35-20-25-5-4-8-30(28(25)21-35)38-22-24-11-9-23(10-12-24)19-34-17-15-27(16-18-34)39-26-6-2-1-3-7-26/h1-12,27,29H,13-22H2,(H,33,36,37). The van der Waals surface area contributed by atoms with Crippen molar-refractivity contribution in [2.75, 3.05) is 13.1 Å². The predicted octanol–water partition coefficient (Wildman–Crippen LogP) is 4.43. The average Bonchev–Trinajstić information content (AvgIpc) is 3.39. The van der Waals surface area contributed by atoms with Crippen molar-refractivity contribution in [2.24, 2.45) is 0 Å². The van der Waals surface area contributed by atoms with Crippen molar-refractivity contribution in [2.45, 2.75) is 64.1 Å². The summed E-state index contributed by atoms with van der Waals surface area (Å²) >= 11 is 0. The summed E-state index contributed by atoms with van der Waals surface area (Å²) in [6.45, 7) is 4.88. The van der Waals surface area contributed by atoms with Gasteiger partial charge in [0.1, 0.15) is 24.2 Å². The van der Waals surface area contributed by atoms with E-state index in [1.54, 1.807) is 0 Å². The monoisotopic (exact) mass is 525 g/mol. The molecule has 0 radical (unpaired) electrons. The molecule has 0 aromatic heterocycles. The first-order valence-corrected chi connectivity index (χ1v) is 13.9. The number of amides is 2. The lowest BCUT2D eigenvalue weighted by Gasteiger charge is -2.32. The second kappa shape index (κ2) is 11.6. The maximum atomic E-state index is 12.4. The van der Waals surface area contributed by atoms with E-state index in [0.717, 1.165) is 55.1 Å². The number of carbonyl (C=O) groups is 2. The largest absolute Gasteiger partial charge is 0.490 e. The Morgan fingerprint density at radius 2 is 1.59 bits per heavy atom. The summed E-state index contributed by atoms with van der Waals surface area (Å²) in [5.41, 5.74) is 4.76. The number of likely N-dealkylation sites (tertiary alicyclic amines) is 1. The van der Waals surface area contributed by atoms with Gasteiger partial charge in [0.05, 0.1) is 6.04 Å².